The largest absolute Gasteiger partial charge is 0.467 e. The second kappa shape index (κ2) is 5.51. The van der Waals surface area contributed by atoms with E-state index in [0.29, 0.717) is 6.10 Å². The SMILES string of the molecule is CCC(N)C(OC1CCCC1)c1ccco1. The molecule has 2 unspecified atom stereocenters. The molecule has 1 aromatic rings. The van der Waals surface area contributed by atoms with Gasteiger partial charge >= 0.3 is 0 Å². The summed E-state index contributed by atoms with van der Waals surface area (Å²) >= 11 is 0. The number of hydrogen-bond donors (Lipinski definition) is 1. The fourth-order valence-electron chi connectivity index (χ4n) is 2.28. The van der Waals surface area contributed by atoms with Crippen molar-refractivity contribution in [2.24, 2.45) is 5.73 Å². The molecule has 3 heteroatoms. The quantitative estimate of drug-likeness (QED) is 0.834. The number of nitrogens with two attached hydrogens (primary N) is 1. The third-order valence-corrected chi connectivity index (χ3v) is 3.33. The van der Waals surface area contributed by atoms with Gasteiger partial charge in [-0.15, -0.1) is 0 Å². The fraction of sp³-hybridized carbons (Fsp3) is 0.692. The van der Waals surface area contributed by atoms with E-state index < -0.39 is 0 Å². The lowest BCUT2D eigenvalue weighted by Gasteiger charge is -2.25. The predicted octanol–water partition coefficient (Wildman–Crippen LogP) is 3.02. The molecule has 0 saturated heterocycles. The Morgan fingerprint density at radius 2 is 2.25 bits per heavy atom. The summed E-state index contributed by atoms with van der Waals surface area (Å²) in [4.78, 5) is 0. The topological polar surface area (TPSA) is 48.4 Å². The van der Waals surface area contributed by atoms with Crippen LogP contribution in [0.25, 0.3) is 0 Å². The van der Waals surface area contributed by atoms with Crippen LogP contribution in [-0.2, 0) is 4.74 Å². The molecule has 0 amide bonds. The molecular formula is C13H21NO2. The van der Waals surface area contributed by atoms with Gasteiger partial charge in [-0.2, -0.15) is 0 Å². The molecule has 0 bridgehead atoms. The van der Waals surface area contributed by atoms with Crippen LogP contribution in [-0.4, -0.2) is 12.1 Å². The number of hydrogen-bond acceptors (Lipinski definition) is 3. The first-order valence-electron chi connectivity index (χ1n) is 6.25. The van der Waals surface area contributed by atoms with Gasteiger partial charge in [-0.25, -0.2) is 0 Å². The van der Waals surface area contributed by atoms with E-state index in [1.807, 2.05) is 12.1 Å². The highest BCUT2D eigenvalue weighted by Crippen LogP contribution is 2.30. The molecule has 2 atom stereocenters. The van der Waals surface area contributed by atoms with E-state index in [0.717, 1.165) is 25.0 Å². The molecule has 3 nitrogen and oxygen atoms in total. The normalized spacial score (nSPS) is 21.1. The smallest absolute Gasteiger partial charge is 0.134 e. The summed E-state index contributed by atoms with van der Waals surface area (Å²) in [5.41, 5.74) is 6.10. The van der Waals surface area contributed by atoms with Crippen LogP contribution in [0.15, 0.2) is 22.8 Å². The minimum absolute atomic E-state index is 0.0201. The van der Waals surface area contributed by atoms with Crippen molar-refractivity contribution in [1.82, 2.24) is 0 Å². The number of furan rings is 1. The standard InChI is InChI=1S/C13H21NO2/c1-2-11(14)13(12-8-5-9-15-12)16-10-6-3-4-7-10/h5,8-11,13H,2-4,6-7,14H2,1H3. The molecule has 0 spiro atoms. The Hall–Kier alpha value is -0.800. The third-order valence-electron chi connectivity index (χ3n) is 3.33. The van der Waals surface area contributed by atoms with Crippen LogP contribution in [0.2, 0.25) is 0 Å². The van der Waals surface area contributed by atoms with E-state index >= 15 is 0 Å². The van der Waals surface area contributed by atoms with Crippen molar-refractivity contribution in [3.8, 4) is 0 Å². The van der Waals surface area contributed by atoms with Gasteiger partial charge in [-0.05, 0) is 31.4 Å². The van der Waals surface area contributed by atoms with Crippen molar-refractivity contribution in [2.45, 2.75) is 57.3 Å². The second-order valence-electron chi connectivity index (χ2n) is 4.55. The van der Waals surface area contributed by atoms with E-state index in [4.69, 9.17) is 14.9 Å². The lowest BCUT2D eigenvalue weighted by molar-refractivity contribution is -0.0344. The zero-order valence-corrected chi connectivity index (χ0v) is 9.89. The molecule has 16 heavy (non-hydrogen) atoms. The van der Waals surface area contributed by atoms with E-state index in [1.165, 1.54) is 12.8 Å². The first kappa shape index (κ1) is 11.7. The van der Waals surface area contributed by atoms with Crippen molar-refractivity contribution < 1.29 is 9.15 Å². The van der Waals surface area contributed by atoms with Crippen LogP contribution in [0.4, 0.5) is 0 Å². The summed E-state index contributed by atoms with van der Waals surface area (Å²) < 4.78 is 11.5. The van der Waals surface area contributed by atoms with Crippen LogP contribution in [0.3, 0.4) is 0 Å². The molecular weight excluding hydrogens is 202 g/mol. The maximum atomic E-state index is 6.10. The zero-order chi connectivity index (χ0) is 11.4. The summed E-state index contributed by atoms with van der Waals surface area (Å²) in [6, 6.07) is 3.87. The molecule has 1 heterocycles. The molecule has 1 aliphatic rings. The first-order chi connectivity index (χ1) is 7.81. The van der Waals surface area contributed by atoms with Gasteiger partial charge in [0.15, 0.2) is 0 Å². The van der Waals surface area contributed by atoms with Gasteiger partial charge in [0.25, 0.3) is 0 Å². The van der Waals surface area contributed by atoms with E-state index in [1.54, 1.807) is 6.26 Å². The molecule has 2 rings (SSSR count). The molecule has 1 saturated carbocycles. The van der Waals surface area contributed by atoms with Gasteiger partial charge in [0, 0.05) is 6.04 Å². The predicted molar refractivity (Wildman–Crippen MR) is 63.1 cm³/mol. The summed E-state index contributed by atoms with van der Waals surface area (Å²) in [7, 11) is 0. The van der Waals surface area contributed by atoms with Gasteiger partial charge in [0.1, 0.15) is 11.9 Å². The van der Waals surface area contributed by atoms with E-state index in [-0.39, 0.29) is 12.1 Å². The van der Waals surface area contributed by atoms with Gasteiger partial charge in [0.2, 0.25) is 0 Å². The maximum Gasteiger partial charge on any atom is 0.134 e. The van der Waals surface area contributed by atoms with Gasteiger partial charge in [-0.1, -0.05) is 19.8 Å². The Bertz CT molecular complexity index is 291. The first-order valence-corrected chi connectivity index (χ1v) is 6.25. The lowest BCUT2D eigenvalue weighted by Crippen LogP contribution is -2.31. The summed E-state index contributed by atoms with van der Waals surface area (Å²) in [5, 5.41) is 0. The molecule has 0 aromatic carbocycles. The van der Waals surface area contributed by atoms with Crippen LogP contribution < -0.4 is 5.73 Å². The molecule has 0 aliphatic heterocycles. The molecule has 2 N–H and O–H groups in total. The molecule has 1 aromatic heterocycles. The van der Waals surface area contributed by atoms with Crippen molar-refractivity contribution >= 4 is 0 Å². The van der Waals surface area contributed by atoms with Gasteiger partial charge < -0.3 is 14.9 Å². The molecule has 1 fully saturated rings. The maximum absolute atomic E-state index is 6.10. The van der Waals surface area contributed by atoms with E-state index in [9.17, 15) is 0 Å². The van der Waals surface area contributed by atoms with E-state index in [2.05, 4.69) is 6.92 Å². The summed E-state index contributed by atoms with van der Waals surface area (Å²) in [5.74, 6) is 0.862. The van der Waals surface area contributed by atoms with Crippen molar-refractivity contribution in [2.75, 3.05) is 0 Å². The van der Waals surface area contributed by atoms with Gasteiger partial charge in [-0.3, -0.25) is 0 Å². The highest BCUT2D eigenvalue weighted by molar-refractivity contribution is 5.05. The second-order valence-corrected chi connectivity index (χ2v) is 4.55. The van der Waals surface area contributed by atoms with Crippen LogP contribution in [0.5, 0.6) is 0 Å². The van der Waals surface area contributed by atoms with Crippen molar-refractivity contribution in [3.05, 3.63) is 24.2 Å². The van der Waals surface area contributed by atoms with Crippen molar-refractivity contribution in [1.29, 1.82) is 0 Å². The molecule has 0 radical (unpaired) electrons. The average Bonchev–Trinajstić information content (AvgIpc) is 2.97. The van der Waals surface area contributed by atoms with Gasteiger partial charge in [0.05, 0.1) is 12.4 Å². The summed E-state index contributed by atoms with van der Waals surface area (Å²) in [6.07, 6.45) is 7.74. The highest BCUT2D eigenvalue weighted by atomic mass is 16.5. The van der Waals surface area contributed by atoms with Crippen LogP contribution in [0, 0.1) is 0 Å². The Labute approximate surface area is 97.0 Å². The van der Waals surface area contributed by atoms with Crippen LogP contribution in [0.1, 0.15) is 50.9 Å². The Balaban J connectivity index is 2.02. The fourth-order valence-corrected chi connectivity index (χ4v) is 2.28. The molecule has 90 valence electrons. The lowest BCUT2D eigenvalue weighted by atomic mass is 10.1. The Morgan fingerprint density at radius 3 is 2.81 bits per heavy atom. The minimum atomic E-state index is -0.0805. The minimum Gasteiger partial charge on any atom is -0.467 e. The molecule has 1 aliphatic carbocycles. The Morgan fingerprint density at radius 1 is 1.50 bits per heavy atom. The zero-order valence-electron chi connectivity index (χ0n) is 9.89. The monoisotopic (exact) mass is 223 g/mol. The number of ether oxygens (including phenoxy) is 1. The number of rotatable bonds is 5. The Kier molecular flexibility index (Phi) is 4.02. The average molecular weight is 223 g/mol. The summed E-state index contributed by atoms with van der Waals surface area (Å²) in [6.45, 7) is 2.08. The van der Waals surface area contributed by atoms with Crippen molar-refractivity contribution in [3.63, 3.8) is 0 Å². The third kappa shape index (κ3) is 2.66. The highest BCUT2D eigenvalue weighted by Gasteiger charge is 2.27. The van der Waals surface area contributed by atoms with Crippen LogP contribution >= 0.6 is 0 Å².